The Labute approximate surface area is 97.5 Å². The molecule has 0 radical (unpaired) electrons. The van der Waals surface area contributed by atoms with Crippen molar-refractivity contribution < 1.29 is 18.3 Å². The van der Waals surface area contributed by atoms with Gasteiger partial charge in [0.2, 0.25) is 0 Å². The van der Waals surface area contributed by atoms with Crippen LogP contribution in [0.25, 0.3) is 0 Å². The van der Waals surface area contributed by atoms with Crippen LogP contribution in [0.15, 0.2) is 34.9 Å². The van der Waals surface area contributed by atoms with Gasteiger partial charge in [-0.15, -0.1) is 0 Å². The average Bonchev–Trinajstić information content (AvgIpc) is 2.80. The first-order chi connectivity index (χ1) is 8.13. The van der Waals surface area contributed by atoms with Crippen molar-refractivity contribution in [2.45, 2.75) is 19.4 Å². The molecule has 1 aromatic carbocycles. The van der Waals surface area contributed by atoms with Gasteiger partial charge in [0.1, 0.15) is 11.9 Å². The number of halogens is 2. The number of aliphatic hydroxyl groups excluding tert-OH is 1. The minimum absolute atomic E-state index is 0.306. The molecule has 1 heterocycles. The Balaban J connectivity index is 2.36. The molecule has 0 aliphatic carbocycles. The molecule has 0 aliphatic heterocycles. The van der Waals surface area contributed by atoms with Crippen molar-refractivity contribution in [1.82, 2.24) is 0 Å². The van der Waals surface area contributed by atoms with Crippen molar-refractivity contribution in [3.8, 4) is 0 Å². The first kappa shape index (κ1) is 11.8. The zero-order valence-electron chi connectivity index (χ0n) is 9.28. The normalized spacial score (nSPS) is 12.7. The lowest BCUT2D eigenvalue weighted by atomic mass is 10.0. The number of aliphatic hydroxyl groups is 1. The van der Waals surface area contributed by atoms with Gasteiger partial charge in [0.15, 0.2) is 11.6 Å². The van der Waals surface area contributed by atoms with Crippen molar-refractivity contribution in [2.24, 2.45) is 0 Å². The largest absolute Gasteiger partial charge is 0.469 e. The van der Waals surface area contributed by atoms with E-state index in [-0.39, 0.29) is 0 Å². The van der Waals surface area contributed by atoms with Crippen LogP contribution < -0.4 is 0 Å². The van der Waals surface area contributed by atoms with Gasteiger partial charge < -0.3 is 9.52 Å². The monoisotopic (exact) mass is 238 g/mol. The van der Waals surface area contributed by atoms with Crippen LogP contribution in [-0.2, 0) is 6.42 Å². The average molecular weight is 238 g/mol. The maximum atomic E-state index is 13.1. The molecule has 17 heavy (non-hydrogen) atoms. The van der Waals surface area contributed by atoms with Crippen LogP contribution in [0.1, 0.15) is 29.9 Å². The number of furan rings is 1. The van der Waals surface area contributed by atoms with Crippen LogP contribution in [0, 0.1) is 11.6 Å². The molecule has 4 heteroatoms. The van der Waals surface area contributed by atoms with Crippen LogP contribution in [0.4, 0.5) is 8.78 Å². The lowest BCUT2D eigenvalue weighted by Gasteiger charge is -2.11. The van der Waals surface area contributed by atoms with Crippen molar-refractivity contribution in [2.75, 3.05) is 0 Å². The molecule has 90 valence electrons. The zero-order valence-corrected chi connectivity index (χ0v) is 9.28. The van der Waals surface area contributed by atoms with Gasteiger partial charge >= 0.3 is 0 Å². The maximum absolute atomic E-state index is 13.1. The van der Waals surface area contributed by atoms with Crippen molar-refractivity contribution in [3.63, 3.8) is 0 Å². The summed E-state index contributed by atoms with van der Waals surface area (Å²) in [7, 11) is 0. The second-order valence-corrected chi connectivity index (χ2v) is 3.73. The van der Waals surface area contributed by atoms with Gasteiger partial charge in [0.05, 0.1) is 6.26 Å². The predicted molar refractivity (Wildman–Crippen MR) is 58.5 cm³/mol. The smallest absolute Gasteiger partial charge is 0.159 e. The Kier molecular flexibility index (Phi) is 3.24. The van der Waals surface area contributed by atoms with E-state index in [1.54, 1.807) is 6.07 Å². The molecule has 1 atom stereocenters. The molecule has 2 aromatic rings. The number of hydrogen-bond acceptors (Lipinski definition) is 2. The summed E-state index contributed by atoms with van der Waals surface area (Å²) in [5.41, 5.74) is 0.888. The van der Waals surface area contributed by atoms with E-state index in [2.05, 4.69) is 0 Å². The lowest BCUT2D eigenvalue weighted by molar-refractivity contribution is 0.216. The van der Waals surface area contributed by atoms with Crippen LogP contribution in [0.2, 0.25) is 0 Å². The van der Waals surface area contributed by atoms with Crippen molar-refractivity contribution in [1.29, 1.82) is 0 Å². The Bertz CT molecular complexity index is 520. The number of hydrogen-bond donors (Lipinski definition) is 1. The molecular formula is C13H12F2O2. The Morgan fingerprint density at radius 3 is 2.65 bits per heavy atom. The molecule has 0 spiro atoms. The van der Waals surface area contributed by atoms with Gasteiger partial charge in [0, 0.05) is 12.0 Å². The van der Waals surface area contributed by atoms with Gasteiger partial charge in [0.25, 0.3) is 0 Å². The maximum Gasteiger partial charge on any atom is 0.159 e. The molecule has 1 N–H and O–H groups in total. The third-order valence-corrected chi connectivity index (χ3v) is 2.65. The first-order valence-electron chi connectivity index (χ1n) is 5.32. The zero-order chi connectivity index (χ0) is 12.4. The highest BCUT2D eigenvalue weighted by Crippen LogP contribution is 2.27. The summed E-state index contributed by atoms with van der Waals surface area (Å²) in [5, 5.41) is 10.1. The van der Waals surface area contributed by atoms with Crippen molar-refractivity contribution >= 4 is 0 Å². The summed E-state index contributed by atoms with van der Waals surface area (Å²) >= 11 is 0. The van der Waals surface area contributed by atoms with Crippen LogP contribution in [0.3, 0.4) is 0 Å². The Morgan fingerprint density at radius 1 is 1.24 bits per heavy atom. The van der Waals surface area contributed by atoms with E-state index in [9.17, 15) is 13.9 Å². The molecule has 2 nitrogen and oxygen atoms in total. The molecule has 0 saturated carbocycles. The van der Waals surface area contributed by atoms with E-state index >= 15 is 0 Å². The molecule has 0 amide bonds. The highest BCUT2D eigenvalue weighted by Gasteiger charge is 2.17. The van der Waals surface area contributed by atoms with E-state index in [4.69, 9.17) is 4.42 Å². The Morgan fingerprint density at radius 2 is 2.00 bits per heavy atom. The van der Waals surface area contributed by atoms with E-state index in [0.29, 0.717) is 23.3 Å². The quantitative estimate of drug-likeness (QED) is 0.890. The fourth-order valence-corrected chi connectivity index (χ4v) is 1.74. The number of rotatable bonds is 3. The number of aryl methyl sites for hydroxylation is 1. The molecule has 1 aromatic heterocycles. The molecule has 0 aliphatic rings. The van der Waals surface area contributed by atoms with Gasteiger partial charge in [-0.2, -0.15) is 0 Å². The van der Waals surface area contributed by atoms with Crippen LogP contribution in [-0.4, -0.2) is 5.11 Å². The fourth-order valence-electron chi connectivity index (χ4n) is 1.74. The molecular weight excluding hydrogens is 226 g/mol. The van der Waals surface area contributed by atoms with E-state index in [1.807, 2.05) is 6.92 Å². The topological polar surface area (TPSA) is 33.4 Å². The summed E-state index contributed by atoms with van der Waals surface area (Å²) < 4.78 is 31.0. The van der Waals surface area contributed by atoms with Crippen LogP contribution in [0.5, 0.6) is 0 Å². The number of benzene rings is 1. The summed E-state index contributed by atoms with van der Waals surface area (Å²) in [6.07, 6.45) is 1.10. The molecule has 0 saturated heterocycles. The van der Waals surface area contributed by atoms with Crippen LogP contribution >= 0.6 is 0 Å². The van der Waals surface area contributed by atoms with Crippen molar-refractivity contribution in [3.05, 3.63) is 59.1 Å². The van der Waals surface area contributed by atoms with E-state index < -0.39 is 17.7 Å². The standard InChI is InChI=1S/C13H12F2O2/c1-2-12-9(5-6-17-12)13(16)8-3-4-10(14)11(15)7-8/h3-7,13,16H,2H2,1H3. The fraction of sp³-hybridized carbons (Fsp3) is 0.231. The first-order valence-corrected chi connectivity index (χ1v) is 5.32. The van der Waals surface area contributed by atoms with Gasteiger partial charge in [-0.25, -0.2) is 8.78 Å². The molecule has 0 fully saturated rings. The van der Waals surface area contributed by atoms with E-state index in [1.165, 1.54) is 12.3 Å². The van der Waals surface area contributed by atoms with Gasteiger partial charge in [-0.1, -0.05) is 13.0 Å². The second-order valence-electron chi connectivity index (χ2n) is 3.73. The summed E-state index contributed by atoms with van der Waals surface area (Å²) in [4.78, 5) is 0. The summed E-state index contributed by atoms with van der Waals surface area (Å²) in [5.74, 6) is -1.26. The van der Waals surface area contributed by atoms with Gasteiger partial charge in [-0.3, -0.25) is 0 Å². The summed E-state index contributed by atoms with van der Waals surface area (Å²) in [6, 6.07) is 4.98. The SMILES string of the molecule is CCc1occc1C(O)c1ccc(F)c(F)c1. The lowest BCUT2D eigenvalue weighted by Crippen LogP contribution is -2.02. The predicted octanol–water partition coefficient (Wildman–Crippen LogP) is 3.20. The highest BCUT2D eigenvalue weighted by atomic mass is 19.2. The summed E-state index contributed by atoms with van der Waals surface area (Å²) in [6.45, 7) is 1.89. The van der Waals surface area contributed by atoms with Gasteiger partial charge in [-0.05, 0) is 23.8 Å². The third kappa shape index (κ3) is 2.22. The molecule has 0 bridgehead atoms. The molecule has 2 rings (SSSR count). The van der Waals surface area contributed by atoms with E-state index in [0.717, 1.165) is 12.1 Å². The highest BCUT2D eigenvalue weighted by molar-refractivity contribution is 5.31. The molecule has 1 unspecified atom stereocenters. The minimum Gasteiger partial charge on any atom is -0.469 e. The Hall–Kier alpha value is -1.68. The minimum atomic E-state index is -1.00. The second kappa shape index (κ2) is 4.67. The third-order valence-electron chi connectivity index (χ3n) is 2.65.